The molecule has 4 rings (SSSR count). The standard InChI is InChI=1S/C25H35N5O.HI/c1-29-17-13-25(14-18-29,30-15-6-3-7-16-30)20-27-24(26)28-21-9-8-12-23(19-21)31-22-10-4-2-5-11-22;/h2,4-5,8-12,19H,3,6-7,13-18,20H2,1H3,(H3,26,27,28);1H. The Morgan fingerprint density at radius 1 is 0.969 bits per heavy atom. The Hall–Kier alpha value is -1.84. The van der Waals surface area contributed by atoms with E-state index in [0.717, 1.165) is 49.7 Å². The zero-order valence-electron chi connectivity index (χ0n) is 19.0. The number of hydrogen-bond acceptors (Lipinski definition) is 4. The van der Waals surface area contributed by atoms with Gasteiger partial charge in [-0.3, -0.25) is 9.89 Å². The van der Waals surface area contributed by atoms with E-state index >= 15 is 0 Å². The number of nitrogens with two attached hydrogens (primary N) is 1. The third kappa shape index (κ3) is 6.59. The predicted octanol–water partition coefficient (Wildman–Crippen LogP) is 4.77. The number of piperidine rings is 2. The summed E-state index contributed by atoms with van der Waals surface area (Å²) < 4.78 is 5.93. The first kappa shape index (κ1) is 24.8. The number of nitrogens with one attached hydrogen (secondary N) is 1. The maximum atomic E-state index is 6.31. The van der Waals surface area contributed by atoms with Crippen LogP contribution >= 0.6 is 24.0 Å². The van der Waals surface area contributed by atoms with Gasteiger partial charge in [0, 0.05) is 17.3 Å². The smallest absolute Gasteiger partial charge is 0.193 e. The maximum Gasteiger partial charge on any atom is 0.193 e. The molecule has 0 spiro atoms. The van der Waals surface area contributed by atoms with Gasteiger partial charge in [-0.1, -0.05) is 30.7 Å². The lowest BCUT2D eigenvalue weighted by molar-refractivity contribution is 0.0209. The second-order valence-corrected chi connectivity index (χ2v) is 8.84. The van der Waals surface area contributed by atoms with Crippen molar-refractivity contribution >= 4 is 35.6 Å². The Morgan fingerprint density at radius 2 is 1.66 bits per heavy atom. The number of hydrogen-bond donors (Lipinski definition) is 2. The van der Waals surface area contributed by atoms with E-state index < -0.39 is 0 Å². The number of guanidine groups is 1. The molecular weight excluding hydrogens is 513 g/mol. The summed E-state index contributed by atoms with van der Waals surface area (Å²) in [5.74, 6) is 2.04. The average Bonchev–Trinajstić information content (AvgIpc) is 2.80. The fraction of sp³-hybridized carbons (Fsp3) is 0.480. The number of halogens is 1. The molecule has 2 heterocycles. The number of likely N-dealkylation sites (tertiary alicyclic amines) is 2. The van der Waals surface area contributed by atoms with Crippen molar-refractivity contribution in [3.05, 3.63) is 54.6 Å². The molecule has 0 bridgehead atoms. The Bertz CT molecular complexity index is 862. The van der Waals surface area contributed by atoms with Gasteiger partial charge in [0.15, 0.2) is 5.96 Å². The van der Waals surface area contributed by atoms with Gasteiger partial charge in [0.25, 0.3) is 0 Å². The van der Waals surface area contributed by atoms with E-state index in [-0.39, 0.29) is 29.5 Å². The molecule has 2 aliphatic heterocycles. The molecule has 0 aliphatic carbocycles. The number of aliphatic imine (C=N–C) groups is 1. The van der Waals surface area contributed by atoms with Crippen molar-refractivity contribution in [2.24, 2.45) is 10.7 Å². The molecule has 3 N–H and O–H groups in total. The molecule has 2 aromatic rings. The molecule has 0 saturated carbocycles. The molecule has 174 valence electrons. The van der Waals surface area contributed by atoms with Crippen LogP contribution in [0, 0.1) is 0 Å². The highest BCUT2D eigenvalue weighted by Gasteiger charge is 2.39. The van der Waals surface area contributed by atoms with Gasteiger partial charge in [-0.25, -0.2) is 0 Å². The van der Waals surface area contributed by atoms with Gasteiger partial charge < -0.3 is 20.7 Å². The summed E-state index contributed by atoms with van der Waals surface area (Å²) in [6, 6.07) is 17.6. The zero-order chi connectivity index (χ0) is 21.5. The van der Waals surface area contributed by atoms with Crippen molar-refractivity contribution in [3.63, 3.8) is 0 Å². The fourth-order valence-electron chi connectivity index (χ4n) is 4.66. The van der Waals surface area contributed by atoms with Crippen molar-refractivity contribution in [1.29, 1.82) is 0 Å². The molecule has 0 amide bonds. The van der Waals surface area contributed by atoms with Gasteiger partial charge in [-0.15, -0.1) is 24.0 Å². The Morgan fingerprint density at radius 3 is 2.38 bits per heavy atom. The molecule has 0 atom stereocenters. The molecule has 2 fully saturated rings. The largest absolute Gasteiger partial charge is 0.457 e. The van der Waals surface area contributed by atoms with Gasteiger partial charge in [-0.2, -0.15) is 0 Å². The van der Waals surface area contributed by atoms with Crippen molar-refractivity contribution < 1.29 is 4.74 Å². The second-order valence-electron chi connectivity index (χ2n) is 8.84. The molecule has 7 heteroatoms. The summed E-state index contributed by atoms with van der Waals surface area (Å²) >= 11 is 0. The third-order valence-electron chi connectivity index (χ3n) is 6.57. The number of rotatable bonds is 6. The van der Waals surface area contributed by atoms with Crippen molar-refractivity contribution in [1.82, 2.24) is 9.80 Å². The van der Waals surface area contributed by atoms with Crippen LogP contribution in [0.25, 0.3) is 0 Å². The normalized spacial score (nSPS) is 19.7. The number of benzene rings is 2. The van der Waals surface area contributed by atoms with Crippen LogP contribution in [-0.2, 0) is 0 Å². The van der Waals surface area contributed by atoms with Gasteiger partial charge in [0.1, 0.15) is 11.5 Å². The first-order chi connectivity index (χ1) is 15.1. The van der Waals surface area contributed by atoms with Gasteiger partial charge in [-0.05, 0) is 83.2 Å². The Labute approximate surface area is 209 Å². The minimum atomic E-state index is 0. The molecule has 2 aliphatic rings. The second kappa shape index (κ2) is 11.9. The predicted molar refractivity (Wildman–Crippen MR) is 143 cm³/mol. The highest BCUT2D eigenvalue weighted by atomic mass is 127. The summed E-state index contributed by atoms with van der Waals surface area (Å²) in [5, 5.41) is 3.26. The van der Waals surface area contributed by atoms with Gasteiger partial charge in [0.2, 0.25) is 0 Å². The Balaban J connectivity index is 0.00000289. The number of ether oxygens (including phenoxy) is 1. The monoisotopic (exact) mass is 549 g/mol. The van der Waals surface area contributed by atoms with Gasteiger partial charge >= 0.3 is 0 Å². The van der Waals surface area contributed by atoms with E-state index in [1.54, 1.807) is 0 Å². The lowest BCUT2D eigenvalue weighted by Crippen LogP contribution is -2.58. The van der Waals surface area contributed by atoms with Crippen LogP contribution < -0.4 is 15.8 Å². The number of nitrogens with zero attached hydrogens (tertiary/aromatic N) is 3. The molecular formula is C25H36IN5O. The molecule has 0 aromatic heterocycles. The van der Waals surface area contributed by atoms with E-state index in [4.69, 9.17) is 15.5 Å². The van der Waals surface area contributed by atoms with Crippen molar-refractivity contribution in [3.8, 4) is 11.5 Å². The van der Waals surface area contributed by atoms with E-state index in [1.807, 2.05) is 54.6 Å². The number of anilines is 1. The quantitative estimate of drug-likeness (QED) is 0.309. The van der Waals surface area contributed by atoms with Crippen LogP contribution in [0.4, 0.5) is 5.69 Å². The minimum Gasteiger partial charge on any atom is -0.457 e. The lowest BCUT2D eigenvalue weighted by atomic mass is 9.84. The van der Waals surface area contributed by atoms with E-state index in [2.05, 4.69) is 22.2 Å². The molecule has 0 unspecified atom stereocenters. The van der Waals surface area contributed by atoms with E-state index in [0.29, 0.717) is 5.96 Å². The Kier molecular flexibility index (Phi) is 9.19. The first-order valence-electron chi connectivity index (χ1n) is 11.5. The first-order valence-corrected chi connectivity index (χ1v) is 11.5. The van der Waals surface area contributed by atoms with Crippen LogP contribution in [0.5, 0.6) is 11.5 Å². The molecule has 2 saturated heterocycles. The van der Waals surface area contributed by atoms with Gasteiger partial charge in [0.05, 0.1) is 6.54 Å². The summed E-state index contributed by atoms with van der Waals surface area (Å²) in [4.78, 5) is 9.92. The van der Waals surface area contributed by atoms with E-state index in [9.17, 15) is 0 Å². The highest BCUT2D eigenvalue weighted by molar-refractivity contribution is 14.0. The van der Waals surface area contributed by atoms with Crippen LogP contribution in [0.2, 0.25) is 0 Å². The fourth-order valence-corrected chi connectivity index (χ4v) is 4.66. The summed E-state index contributed by atoms with van der Waals surface area (Å²) in [6.45, 7) is 5.37. The average molecular weight is 550 g/mol. The van der Waals surface area contributed by atoms with Crippen molar-refractivity contribution in [2.45, 2.75) is 37.6 Å². The molecule has 6 nitrogen and oxygen atoms in total. The molecule has 0 radical (unpaired) electrons. The SMILES string of the molecule is CN1CCC(CN=C(N)Nc2cccc(Oc3ccccc3)c2)(N2CCCCC2)CC1.I. The summed E-state index contributed by atoms with van der Waals surface area (Å²) in [7, 11) is 2.21. The summed E-state index contributed by atoms with van der Waals surface area (Å²) in [5.41, 5.74) is 7.33. The molecule has 2 aromatic carbocycles. The van der Waals surface area contributed by atoms with Crippen LogP contribution in [-0.4, -0.2) is 61.1 Å². The highest BCUT2D eigenvalue weighted by Crippen LogP contribution is 2.32. The summed E-state index contributed by atoms with van der Waals surface area (Å²) in [6.07, 6.45) is 6.24. The zero-order valence-corrected chi connectivity index (χ0v) is 21.3. The molecule has 32 heavy (non-hydrogen) atoms. The lowest BCUT2D eigenvalue weighted by Gasteiger charge is -2.49. The third-order valence-corrected chi connectivity index (χ3v) is 6.57. The number of para-hydroxylation sites is 1. The minimum absolute atomic E-state index is 0. The maximum absolute atomic E-state index is 6.31. The topological polar surface area (TPSA) is 66.1 Å². The van der Waals surface area contributed by atoms with Crippen LogP contribution in [0.1, 0.15) is 32.1 Å². The van der Waals surface area contributed by atoms with E-state index in [1.165, 1.54) is 32.4 Å². The van der Waals surface area contributed by atoms with Crippen LogP contribution in [0.15, 0.2) is 59.6 Å². The van der Waals surface area contributed by atoms with Crippen molar-refractivity contribution in [2.75, 3.05) is 45.1 Å². The van der Waals surface area contributed by atoms with Crippen LogP contribution in [0.3, 0.4) is 0 Å².